The van der Waals surface area contributed by atoms with Gasteiger partial charge in [0.2, 0.25) is 0 Å². The van der Waals surface area contributed by atoms with Gasteiger partial charge in [-0.05, 0) is 34.1 Å². The average molecular weight is 350 g/mol. The molecule has 0 N–H and O–H groups in total. The van der Waals surface area contributed by atoms with Crippen molar-refractivity contribution in [2.45, 2.75) is 38.9 Å². The van der Waals surface area contributed by atoms with Crippen molar-refractivity contribution >= 4 is 29.9 Å². The van der Waals surface area contributed by atoms with Crippen LogP contribution in [0.4, 0.5) is 10.1 Å². The molecule has 1 aromatic rings. The fraction of sp³-hybridized carbons (Fsp3) is 0.500. The lowest BCUT2D eigenvalue weighted by Gasteiger charge is -2.36. The van der Waals surface area contributed by atoms with Gasteiger partial charge < -0.3 is 4.43 Å². The van der Waals surface area contributed by atoms with Gasteiger partial charge in [0.25, 0.3) is 8.32 Å². The molecule has 0 heterocycles. The van der Waals surface area contributed by atoms with Crippen LogP contribution in [0.3, 0.4) is 0 Å². The van der Waals surface area contributed by atoms with Gasteiger partial charge in [-0.1, -0.05) is 20.8 Å². The Hall–Kier alpha value is -0.953. The lowest BCUT2D eigenvalue weighted by molar-refractivity contribution is -0.385. The number of nitro groups is 1. The van der Waals surface area contributed by atoms with E-state index in [2.05, 4.69) is 15.9 Å². The highest BCUT2D eigenvalue weighted by molar-refractivity contribution is 9.10. The van der Waals surface area contributed by atoms with Gasteiger partial charge in [-0.2, -0.15) is 0 Å². The molecule has 0 radical (unpaired) electrons. The van der Waals surface area contributed by atoms with Crippen LogP contribution in [-0.2, 0) is 0 Å². The molecule has 1 rings (SSSR count). The topological polar surface area (TPSA) is 52.4 Å². The van der Waals surface area contributed by atoms with Crippen molar-refractivity contribution in [3.8, 4) is 5.75 Å². The van der Waals surface area contributed by atoms with Gasteiger partial charge in [0.15, 0.2) is 5.75 Å². The molecule has 106 valence electrons. The van der Waals surface area contributed by atoms with Crippen LogP contribution in [0.5, 0.6) is 5.75 Å². The van der Waals surface area contributed by atoms with Gasteiger partial charge in [-0.3, -0.25) is 10.1 Å². The van der Waals surface area contributed by atoms with Gasteiger partial charge in [0.05, 0.1) is 15.5 Å². The molecule has 0 saturated heterocycles. The average Bonchev–Trinajstić information content (AvgIpc) is 2.20. The molecule has 0 unspecified atom stereocenters. The summed E-state index contributed by atoms with van der Waals surface area (Å²) in [6.45, 7) is 10.1. The first-order valence-electron chi connectivity index (χ1n) is 5.78. The maximum absolute atomic E-state index is 13.4. The third kappa shape index (κ3) is 3.53. The first kappa shape index (κ1) is 16.1. The number of nitro benzene ring substituents is 1. The second kappa shape index (κ2) is 5.20. The minimum Gasteiger partial charge on any atom is -0.539 e. The molecule has 1 aromatic carbocycles. The van der Waals surface area contributed by atoms with E-state index < -0.39 is 19.1 Å². The first-order chi connectivity index (χ1) is 8.45. The highest BCUT2D eigenvalue weighted by atomic mass is 79.9. The Labute approximate surface area is 121 Å². The van der Waals surface area contributed by atoms with E-state index in [1.165, 1.54) is 6.07 Å². The molecule has 0 bridgehead atoms. The van der Waals surface area contributed by atoms with Crippen LogP contribution in [0.1, 0.15) is 20.8 Å². The Morgan fingerprint density at radius 1 is 1.37 bits per heavy atom. The molecular formula is C12H17BrFNO3Si. The first-order valence-corrected chi connectivity index (χ1v) is 9.48. The third-order valence-corrected chi connectivity index (χ3v) is 8.32. The van der Waals surface area contributed by atoms with Gasteiger partial charge in [-0.25, -0.2) is 4.39 Å². The highest BCUT2D eigenvalue weighted by Gasteiger charge is 2.40. The van der Waals surface area contributed by atoms with Crippen molar-refractivity contribution in [3.63, 3.8) is 0 Å². The van der Waals surface area contributed by atoms with Gasteiger partial charge in [0.1, 0.15) is 5.82 Å². The van der Waals surface area contributed by atoms with Crippen LogP contribution in [0.15, 0.2) is 16.6 Å². The predicted octanol–water partition coefficient (Wildman–Crippen LogP) is 4.88. The lowest BCUT2D eigenvalue weighted by atomic mass is 10.2. The molecule has 0 aliphatic carbocycles. The van der Waals surface area contributed by atoms with E-state index in [-0.39, 0.29) is 20.9 Å². The van der Waals surface area contributed by atoms with Crippen LogP contribution >= 0.6 is 15.9 Å². The van der Waals surface area contributed by atoms with E-state index in [1.54, 1.807) is 0 Å². The van der Waals surface area contributed by atoms with E-state index >= 15 is 0 Å². The van der Waals surface area contributed by atoms with Crippen LogP contribution < -0.4 is 4.43 Å². The molecule has 0 amide bonds. The summed E-state index contributed by atoms with van der Waals surface area (Å²) in [5, 5.41) is 10.9. The Bertz CT molecular complexity index is 514. The Balaban J connectivity index is 3.28. The maximum atomic E-state index is 13.4. The molecule has 19 heavy (non-hydrogen) atoms. The van der Waals surface area contributed by atoms with Crippen LogP contribution in [0.2, 0.25) is 18.1 Å². The summed E-state index contributed by atoms with van der Waals surface area (Å²) in [7, 11) is -2.21. The highest BCUT2D eigenvalue weighted by Crippen LogP contribution is 2.41. The zero-order valence-electron chi connectivity index (χ0n) is 11.6. The molecule has 4 nitrogen and oxygen atoms in total. The van der Waals surface area contributed by atoms with Gasteiger partial charge in [-0.15, -0.1) is 0 Å². The van der Waals surface area contributed by atoms with E-state index in [4.69, 9.17) is 4.43 Å². The molecule has 0 atom stereocenters. The lowest BCUT2D eigenvalue weighted by Crippen LogP contribution is -2.44. The summed E-state index contributed by atoms with van der Waals surface area (Å²) >= 11 is 3.03. The van der Waals surface area contributed by atoms with Gasteiger partial charge >= 0.3 is 5.69 Å². The molecule has 7 heteroatoms. The van der Waals surface area contributed by atoms with Crippen LogP contribution in [0, 0.1) is 15.9 Å². The number of hydrogen-bond donors (Lipinski definition) is 0. The number of halogens is 2. The quantitative estimate of drug-likeness (QED) is 0.443. The molecule has 0 fully saturated rings. The number of hydrogen-bond acceptors (Lipinski definition) is 3. The zero-order valence-corrected chi connectivity index (χ0v) is 14.2. The minimum absolute atomic E-state index is 0.0955. The largest absolute Gasteiger partial charge is 0.539 e. The standard InChI is InChI=1S/C12H17BrFNO3Si/c1-12(2,3)19(4,5)18-11-6-8(13)9(14)7-10(11)15(16)17/h6-7H,1-5H3. The minimum atomic E-state index is -2.21. The monoisotopic (exact) mass is 349 g/mol. The SMILES string of the molecule is CC(C)(C)[Si](C)(C)Oc1cc(Br)c(F)cc1[N+](=O)[O-]. The predicted molar refractivity (Wildman–Crippen MR) is 78.6 cm³/mol. The summed E-state index contributed by atoms with van der Waals surface area (Å²) in [4.78, 5) is 10.4. The summed E-state index contributed by atoms with van der Waals surface area (Å²) in [6.07, 6.45) is 0. The van der Waals surface area contributed by atoms with Crippen molar-refractivity contribution < 1.29 is 13.7 Å². The second-order valence-corrected chi connectivity index (χ2v) is 11.4. The molecule has 0 aliphatic rings. The molecular weight excluding hydrogens is 333 g/mol. The fourth-order valence-electron chi connectivity index (χ4n) is 1.17. The Morgan fingerprint density at radius 2 is 1.89 bits per heavy atom. The second-order valence-electron chi connectivity index (χ2n) is 5.85. The normalized spacial score (nSPS) is 12.4. The summed E-state index contributed by atoms with van der Waals surface area (Å²) < 4.78 is 19.4. The van der Waals surface area contributed by atoms with E-state index in [9.17, 15) is 14.5 Å². The van der Waals surface area contributed by atoms with Gasteiger partial charge in [0, 0.05) is 6.07 Å². The summed E-state index contributed by atoms with van der Waals surface area (Å²) in [6, 6.07) is 2.21. The van der Waals surface area contributed by atoms with Crippen molar-refractivity contribution in [2.75, 3.05) is 0 Å². The van der Waals surface area contributed by atoms with Crippen LogP contribution in [0.25, 0.3) is 0 Å². The maximum Gasteiger partial charge on any atom is 0.312 e. The molecule has 0 aliphatic heterocycles. The summed E-state index contributed by atoms with van der Waals surface area (Å²) in [5.41, 5.74) is -0.342. The van der Waals surface area contributed by atoms with E-state index in [0.717, 1.165) is 6.07 Å². The van der Waals surface area contributed by atoms with E-state index in [1.807, 2.05) is 33.9 Å². The smallest absolute Gasteiger partial charge is 0.312 e. The van der Waals surface area contributed by atoms with Crippen molar-refractivity contribution in [1.29, 1.82) is 0 Å². The Morgan fingerprint density at radius 3 is 2.32 bits per heavy atom. The van der Waals surface area contributed by atoms with Crippen molar-refractivity contribution in [1.82, 2.24) is 0 Å². The number of nitrogens with zero attached hydrogens (tertiary/aromatic N) is 1. The number of rotatable bonds is 3. The summed E-state index contributed by atoms with van der Waals surface area (Å²) in [5.74, 6) is -0.556. The number of benzene rings is 1. The fourth-order valence-corrected chi connectivity index (χ4v) is 2.51. The molecule has 0 aromatic heterocycles. The van der Waals surface area contributed by atoms with Crippen molar-refractivity contribution in [2.24, 2.45) is 0 Å². The molecule has 0 spiro atoms. The van der Waals surface area contributed by atoms with Crippen LogP contribution in [-0.4, -0.2) is 13.2 Å². The van der Waals surface area contributed by atoms with E-state index in [0.29, 0.717) is 0 Å². The zero-order chi connectivity index (χ0) is 15.0. The molecule has 0 saturated carbocycles. The van der Waals surface area contributed by atoms with Crippen molar-refractivity contribution in [3.05, 3.63) is 32.5 Å². The Kier molecular flexibility index (Phi) is 4.41. The third-order valence-electron chi connectivity index (χ3n) is 3.37.